The smallest absolute Gasteiger partial charge is 0.185 e. The molecule has 120 valence electrons. The van der Waals surface area contributed by atoms with E-state index in [1.54, 1.807) is 7.11 Å². The van der Waals surface area contributed by atoms with Gasteiger partial charge >= 0.3 is 0 Å². The van der Waals surface area contributed by atoms with Gasteiger partial charge in [-0.1, -0.05) is 13.8 Å². The zero-order chi connectivity index (χ0) is 15.2. The molecule has 0 bridgehead atoms. The maximum Gasteiger partial charge on any atom is 0.185 e. The Morgan fingerprint density at radius 1 is 1.48 bits per heavy atom. The average Bonchev–Trinajstić information content (AvgIpc) is 3.12. The van der Waals surface area contributed by atoms with Crippen molar-refractivity contribution in [2.45, 2.75) is 38.8 Å². The summed E-state index contributed by atoms with van der Waals surface area (Å²) in [4.78, 5) is 8.67. The van der Waals surface area contributed by atoms with Crippen molar-refractivity contribution in [2.24, 2.45) is 0 Å². The summed E-state index contributed by atoms with van der Waals surface area (Å²) in [6.07, 6.45) is 1.28. The quantitative estimate of drug-likeness (QED) is 0.742. The molecule has 6 heteroatoms. The minimum absolute atomic E-state index is 0.473. The molecule has 1 unspecified atom stereocenters. The van der Waals surface area contributed by atoms with Crippen LogP contribution >= 0.6 is 23.1 Å². The molecule has 0 aliphatic carbocycles. The predicted octanol–water partition coefficient (Wildman–Crippen LogP) is 2.94. The van der Waals surface area contributed by atoms with Crippen molar-refractivity contribution < 1.29 is 4.74 Å². The van der Waals surface area contributed by atoms with E-state index >= 15 is 0 Å². The van der Waals surface area contributed by atoms with Crippen LogP contribution in [0.1, 0.15) is 36.8 Å². The van der Waals surface area contributed by atoms with Gasteiger partial charge in [0, 0.05) is 43.9 Å². The number of nitrogens with one attached hydrogen (secondary N) is 1. The lowest BCUT2D eigenvalue weighted by molar-refractivity contribution is 0.199. The zero-order valence-corrected chi connectivity index (χ0v) is 15.1. The number of aromatic nitrogens is 1. The van der Waals surface area contributed by atoms with Crippen LogP contribution in [0.5, 0.6) is 0 Å². The standard InChI is InChI=1S/C15H27N3OS2/c1-11(2)14-13(9-16-6-7-19-4)21-15(17-14)18(3)12-5-8-20-10-12/h11-12,16H,5-10H2,1-4H3. The van der Waals surface area contributed by atoms with Crippen LogP contribution in [0.2, 0.25) is 0 Å². The van der Waals surface area contributed by atoms with E-state index in [9.17, 15) is 0 Å². The summed E-state index contributed by atoms with van der Waals surface area (Å²) in [5, 5.41) is 4.62. The van der Waals surface area contributed by atoms with E-state index in [-0.39, 0.29) is 0 Å². The van der Waals surface area contributed by atoms with Crippen LogP contribution in [-0.2, 0) is 11.3 Å². The predicted molar refractivity (Wildman–Crippen MR) is 93.9 cm³/mol. The maximum absolute atomic E-state index is 5.08. The second-order valence-corrected chi connectivity index (χ2v) is 7.97. The Balaban J connectivity index is 2.04. The van der Waals surface area contributed by atoms with Gasteiger partial charge in [0.2, 0.25) is 0 Å². The van der Waals surface area contributed by atoms with E-state index in [1.807, 2.05) is 11.3 Å². The van der Waals surface area contributed by atoms with Gasteiger partial charge < -0.3 is 15.0 Å². The Morgan fingerprint density at radius 2 is 2.29 bits per heavy atom. The first-order chi connectivity index (χ1) is 10.1. The van der Waals surface area contributed by atoms with Crippen molar-refractivity contribution >= 4 is 28.2 Å². The highest BCUT2D eigenvalue weighted by atomic mass is 32.2. The summed E-state index contributed by atoms with van der Waals surface area (Å²) < 4.78 is 5.08. The van der Waals surface area contributed by atoms with Crippen LogP contribution < -0.4 is 10.2 Å². The van der Waals surface area contributed by atoms with E-state index in [0.717, 1.165) is 19.7 Å². The third kappa shape index (κ3) is 4.58. The molecule has 1 aliphatic rings. The zero-order valence-electron chi connectivity index (χ0n) is 13.5. The average molecular weight is 330 g/mol. The fourth-order valence-electron chi connectivity index (χ4n) is 2.44. The Kier molecular flexibility index (Phi) is 6.79. The van der Waals surface area contributed by atoms with Gasteiger partial charge in [-0.15, -0.1) is 11.3 Å². The van der Waals surface area contributed by atoms with Gasteiger partial charge in [0.05, 0.1) is 12.3 Å². The van der Waals surface area contributed by atoms with E-state index in [0.29, 0.717) is 12.0 Å². The summed E-state index contributed by atoms with van der Waals surface area (Å²) in [7, 11) is 3.93. The summed E-state index contributed by atoms with van der Waals surface area (Å²) >= 11 is 3.89. The molecule has 0 spiro atoms. The van der Waals surface area contributed by atoms with Crippen molar-refractivity contribution in [3.05, 3.63) is 10.6 Å². The summed E-state index contributed by atoms with van der Waals surface area (Å²) in [6.45, 7) is 6.98. The Hall–Kier alpha value is -0.300. The molecule has 0 saturated carbocycles. The molecule has 1 aromatic heterocycles. The Labute approximate surface area is 136 Å². The first-order valence-electron chi connectivity index (χ1n) is 7.63. The Bertz CT molecular complexity index is 431. The first kappa shape index (κ1) is 17.1. The van der Waals surface area contributed by atoms with Crippen LogP contribution in [-0.4, -0.2) is 49.8 Å². The molecule has 1 N–H and O–H groups in total. The fourth-order valence-corrected chi connectivity index (χ4v) is 4.92. The van der Waals surface area contributed by atoms with Crippen molar-refractivity contribution in [1.29, 1.82) is 0 Å². The van der Waals surface area contributed by atoms with Gasteiger partial charge in [-0.3, -0.25) is 0 Å². The second-order valence-electron chi connectivity index (χ2n) is 5.76. The largest absolute Gasteiger partial charge is 0.383 e. The number of hydrogen-bond acceptors (Lipinski definition) is 6. The van der Waals surface area contributed by atoms with Crippen LogP contribution in [0.3, 0.4) is 0 Å². The van der Waals surface area contributed by atoms with Gasteiger partial charge in [0.25, 0.3) is 0 Å². The van der Waals surface area contributed by atoms with Gasteiger partial charge in [-0.25, -0.2) is 4.98 Å². The second kappa shape index (κ2) is 8.36. The molecule has 0 amide bonds. The third-order valence-corrected chi connectivity index (χ3v) is 6.09. The van der Waals surface area contributed by atoms with E-state index in [2.05, 4.69) is 42.9 Å². The molecule has 1 atom stereocenters. The molecule has 2 heterocycles. The SMILES string of the molecule is COCCNCc1sc(N(C)C2CCSC2)nc1C(C)C. The number of rotatable bonds is 8. The lowest BCUT2D eigenvalue weighted by atomic mass is 10.1. The van der Waals surface area contributed by atoms with Crippen LogP contribution in [0.15, 0.2) is 0 Å². The molecule has 21 heavy (non-hydrogen) atoms. The van der Waals surface area contributed by atoms with Gasteiger partial charge in [0.1, 0.15) is 0 Å². The van der Waals surface area contributed by atoms with E-state index in [4.69, 9.17) is 9.72 Å². The lowest BCUT2D eigenvalue weighted by Gasteiger charge is -2.22. The highest BCUT2D eigenvalue weighted by Crippen LogP contribution is 2.33. The highest BCUT2D eigenvalue weighted by molar-refractivity contribution is 7.99. The van der Waals surface area contributed by atoms with E-state index < -0.39 is 0 Å². The molecule has 1 aliphatic heterocycles. The molecule has 0 aromatic carbocycles. The molecular weight excluding hydrogens is 302 g/mol. The Morgan fingerprint density at radius 3 is 2.90 bits per heavy atom. The number of methoxy groups -OCH3 is 1. The summed E-state index contributed by atoms with van der Waals surface area (Å²) in [5.74, 6) is 2.98. The summed E-state index contributed by atoms with van der Waals surface area (Å²) in [5.41, 5.74) is 1.25. The number of thiazole rings is 1. The summed E-state index contributed by atoms with van der Waals surface area (Å²) in [6, 6.07) is 0.649. The molecule has 4 nitrogen and oxygen atoms in total. The number of hydrogen-bond donors (Lipinski definition) is 1. The number of anilines is 1. The maximum atomic E-state index is 5.08. The third-order valence-electron chi connectivity index (χ3n) is 3.79. The molecular formula is C15H27N3OS2. The number of thioether (sulfide) groups is 1. The first-order valence-corrected chi connectivity index (χ1v) is 9.60. The van der Waals surface area contributed by atoms with Gasteiger partial charge in [0.15, 0.2) is 5.13 Å². The number of nitrogens with zero attached hydrogens (tertiary/aromatic N) is 2. The van der Waals surface area contributed by atoms with Crippen LogP contribution in [0.25, 0.3) is 0 Å². The van der Waals surface area contributed by atoms with Crippen molar-refractivity contribution in [2.75, 3.05) is 43.7 Å². The fraction of sp³-hybridized carbons (Fsp3) is 0.800. The highest BCUT2D eigenvalue weighted by Gasteiger charge is 2.24. The molecule has 1 saturated heterocycles. The molecule has 2 rings (SSSR count). The topological polar surface area (TPSA) is 37.4 Å². The molecule has 1 fully saturated rings. The van der Waals surface area contributed by atoms with Gasteiger partial charge in [-0.2, -0.15) is 11.8 Å². The monoisotopic (exact) mass is 329 g/mol. The van der Waals surface area contributed by atoms with Crippen molar-refractivity contribution in [3.63, 3.8) is 0 Å². The normalized spacial score (nSPS) is 18.6. The molecule has 0 radical (unpaired) electrons. The van der Waals surface area contributed by atoms with Crippen molar-refractivity contribution in [1.82, 2.24) is 10.3 Å². The van der Waals surface area contributed by atoms with Gasteiger partial charge in [-0.05, 0) is 18.1 Å². The number of ether oxygens (including phenoxy) is 1. The minimum Gasteiger partial charge on any atom is -0.383 e. The lowest BCUT2D eigenvalue weighted by Crippen LogP contribution is -2.31. The van der Waals surface area contributed by atoms with Crippen LogP contribution in [0.4, 0.5) is 5.13 Å². The van der Waals surface area contributed by atoms with Crippen molar-refractivity contribution in [3.8, 4) is 0 Å². The van der Waals surface area contributed by atoms with Crippen LogP contribution in [0, 0.1) is 0 Å². The molecule has 1 aromatic rings. The van der Waals surface area contributed by atoms with E-state index in [1.165, 1.54) is 33.6 Å². The minimum atomic E-state index is 0.473.